The van der Waals surface area contributed by atoms with Crippen LogP contribution in [-0.2, 0) is 0 Å². The number of aromatic nitrogens is 2. The number of carbonyl (C=O) groups excluding carboxylic acids is 1. The van der Waals surface area contributed by atoms with Gasteiger partial charge in [-0.3, -0.25) is 0 Å². The zero-order valence-electron chi connectivity index (χ0n) is 5.74. The van der Waals surface area contributed by atoms with E-state index in [9.17, 15) is 9.90 Å². The first-order valence-electron chi connectivity index (χ1n) is 2.40. The minimum Gasteiger partial charge on any atom is -0.542 e. The first-order chi connectivity index (χ1) is 4.70. The van der Waals surface area contributed by atoms with E-state index >= 15 is 0 Å². The number of carboxylic acids is 1. The summed E-state index contributed by atoms with van der Waals surface area (Å²) in [6, 6.07) is 1.53. The van der Waals surface area contributed by atoms with Crippen molar-refractivity contribution >= 4 is 21.9 Å². The molecule has 1 heterocycles. The van der Waals surface area contributed by atoms with E-state index in [4.69, 9.17) is 0 Å². The Morgan fingerprint density at radius 3 is 2.64 bits per heavy atom. The van der Waals surface area contributed by atoms with E-state index in [0.717, 1.165) is 0 Å². The minimum absolute atomic E-state index is 0. The maximum atomic E-state index is 10.1. The molecule has 0 saturated carbocycles. The SMILES string of the molecule is O=C([O-])c1nccc(Br)n1.[Li+]. The number of hydrogen-bond acceptors (Lipinski definition) is 4. The van der Waals surface area contributed by atoms with Crippen molar-refractivity contribution in [1.29, 1.82) is 0 Å². The van der Waals surface area contributed by atoms with Crippen LogP contribution in [0.3, 0.4) is 0 Å². The van der Waals surface area contributed by atoms with E-state index in [1.165, 1.54) is 12.3 Å². The molecule has 0 radical (unpaired) electrons. The summed E-state index contributed by atoms with van der Waals surface area (Å²) >= 11 is 2.99. The van der Waals surface area contributed by atoms with E-state index in [2.05, 4.69) is 25.9 Å². The van der Waals surface area contributed by atoms with Gasteiger partial charge in [0.1, 0.15) is 10.6 Å². The van der Waals surface area contributed by atoms with Crippen molar-refractivity contribution < 1.29 is 28.8 Å². The second-order valence-electron chi connectivity index (χ2n) is 1.49. The second-order valence-corrected chi connectivity index (χ2v) is 2.30. The predicted molar refractivity (Wildman–Crippen MR) is 34.1 cm³/mol. The Hall–Kier alpha value is -0.373. The summed E-state index contributed by atoms with van der Waals surface area (Å²) in [7, 11) is 0. The Bertz CT molecular complexity index is 268. The van der Waals surface area contributed by atoms with Crippen LogP contribution in [0.1, 0.15) is 10.6 Å². The number of rotatable bonds is 1. The predicted octanol–water partition coefficient (Wildman–Crippen LogP) is -3.39. The Labute approximate surface area is 83.4 Å². The molecular weight excluding hydrogens is 207 g/mol. The van der Waals surface area contributed by atoms with Crippen molar-refractivity contribution in [2.24, 2.45) is 0 Å². The first-order valence-corrected chi connectivity index (χ1v) is 3.19. The van der Waals surface area contributed by atoms with Gasteiger partial charge in [0.15, 0.2) is 5.82 Å². The molecule has 0 atom stereocenters. The van der Waals surface area contributed by atoms with Gasteiger partial charge >= 0.3 is 18.9 Å². The van der Waals surface area contributed by atoms with Crippen molar-refractivity contribution in [1.82, 2.24) is 9.97 Å². The van der Waals surface area contributed by atoms with E-state index in [-0.39, 0.29) is 24.7 Å². The van der Waals surface area contributed by atoms with Gasteiger partial charge in [0.05, 0.1) is 0 Å². The summed E-state index contributed by atoms with van der Waals surface area (Å²) in [6.07, 6.45) is 1.34. The van der Waals surface area contributed by atoms with E-state index in [1.807, 2.05) is 0 Å². The fourth-order valence-electron chi connectivity index (χ4n) is 0.435. The molecule has 0 aliphatic heterocycles. The van der Waals surface area contributed by atoms with Crippen molar-refractivity contribution in [3.8, 4) is 0 Å². The Balaban J connectivity index is 0.000001000. The molecule has 11 heavy (non-hydrogen) atoms. The summed E-state index contributed by atoms with van der Waals surface area (Å²) in [6.45, 7) is 0. The molecular formula is C5H2BrLiN2O2. The van der Waals surface area contributed by atoms with Crippen LogP contribution >= 0.6 is 15.9 Å². The summed E-state index contributed by atoms with van der Waals surface area (Å²) in [5.41, 5.74) is 0. The molecule has 0 fully saturated rings. The maximum Gasteiger partial charge on any atom is 1.00 e. The zero-order chi connectivity index (χ0) is 7.56. The standard InChI is InChI=1S/C5H3BrN2O2.Li/c6-3-1-2-7-4(8-3)5(9)10;/h1-2H,(H,9,10);/q;+1/p-1. The molecule has 6 heteroatoms. The van der Waals surface area contributed by atoms with Crippen LogP contribution in [0.5, 0.6) is 0 Å². The monoisotopic (exact) mass is 208 g/mol. The molecule has 0 amide bonds. The molecule has 1 rings (SSSR count). The number of carbonyl (C=O) groups is 1. The van der Waals surface area contributed by atoms with Crippen molar-refractivity contribution in [3.63, 3.8) is 0 Å². The van der Waals surface area contributed by atoms with Gasteiger partial charge in [-0.05, 0) is 22.0 Å². The molecule has 0 aliphatic rings. The van der Waals surface area contributed by atoms with Gasteiger partial charge in [0, 0.05) is 6.20 Å². The zero-order valence-corrected chi connectivity index (χ0v) is 7.33. The number of carboxylic acid groups (broad SMARTS) is 1. The van der Waals surface area contributed by atoms with Crippen LogP contribution in [0.25, 0.3) is 0 Å². The van der Waals surface area contributed by atoms with Crippen LogP contribution < -0.4 is 24.0 Å². The quantitative estimate of drug-likeness (QED) is 0.357. The molecule has 1 aromatic rings. The molecule has 0 spiro atoms. The van der Waals surface area contributed by atoms with Crippen LogP contribution in [-0.4, -0.2) is 15.9 Å². The largest absolute Gasteiger partial charge is 1.00 e. The van der Waals surface area contributed by atoms with Crippen LogP contribution in [0.15, 0.2) is 16.9 Å². The number of hydrogen-bond donors (Lipinski definition) is 0. The fraction of sp³-hybridized carbons (Fsp3) is 0. The van der Waals surface area contributed by atoms with Crippen molar-refractivity contribution in [2.75, 3.05) is 0 Å². The van der Waals surface area contributed by atoms with Crippen LogP contribution in [0.4, 0.5) is 0 Å². The number of aromatic carboxylic acids is 1. The molecule has 0 unspecified atom stereocenters. The summed E-state index contributed by atoms with van der Waals surface area (Å²) in [4.78, 5) is 17.0. The van der Waals surface area contributed by atoms with Gasteiger partial charge in [-0.1, -0.05) is 0 Å². The molecule has 4 nitrogen and oxygen atoms in total. The normalized spacial score (nSPS) is 8.45. The molecule has 0 saturated heterocycles. The second kappa shape index (κ2) is 4.49. The van der Waals surface area contributed by atoms with Crippen LogP contribution in [0, 0.1) is 0 Å². The third-order valence-corrected chi connectivity index (χ3v) is 1.25. The minimum atomic E-state index is -1.37. The maximum absolute atomic E-state index is 10.1. The van der Waals surface area contributed by atoms with E-state index < -0.39 is 5.97 Å². The number of nitrogens with zero attached hydrogens (tertiary/aromatic N) is 2. The smallest absolute Gasteiger partial charge is 0.542 e. The Kier molecular flexibility index (Phi) is 4.34. The summed E-state index contributed by atoms with van der Waals surface area (Å²) in [5, 5.41) is 10.1. The first kappa shape index (κ1) is 10.6. The van der Waals surface area contributed by atoms with Gasteiger partial charge in [-0.15, -0.1) is 0 Å². The van der Waals surface area contributed by atoms with E-state index in [0.29, 0.717) is 4.60 Å². The molecule has 0 aromatic carbocycles. The third-order valence-electron chi connectivity index (χ3n) is 0.804. The molecule has 0 bridgehead atoms. The Morgan fingerprint density at radius 1 is 1.64 bits per heavy atom. The van der Waals surface area contributed by atoms with Gasteiger partial charge in [0.2, 0.25) is 0 Å². The molecule has 1 aromatic heterocycles. The number of halogens is 1. The third kappa shape index (κ3) is 3.02. The van der Waals surface area contributed by atoms with Crippen molar-refractivity contribution in [2.45, 2.75) is 0 Å². The van der Waals surface area contributed by atoms with Gasteiger partial charge in [0.25, 0.3) is 0 Å². The fourth-order valence-corrected chi connectivity index (χ4v) is 0.721. The molecule has 52 valence electrons. The molecule has 0 N–H and O–H groups in total. The summed E-state index contributed by atoms with van der Waals surface area (Å²) in [5.74, 6) is -1.68. The summed E-state index contributed by atoms with van der Waals surface area (Å²) < 4.78 is 0.432. The van der Waals surface area contributed by atoms with Crippen molar-refractivity contribution in [3.05, 3.63) is 22.7 Å². The van der Waals surface area contributed by atoms with E-state index in [1.54, 1.807) is 0 Å². The average molecular weight is 209 g/mol. The van der Waals surface area contributed by atoms with Crippen LogP contribution in [0.2, 0.25) is 0 Å². The molecule has 0 aliphatic carbocycles. The van der Waals surface area contributed by atoms with Gasteiger partial charge in [-0.25, -0.2) is 9.97 Å². The average Bonchev–Trinajstić information content (AvgIpc) is 1.88. The topological polar surface area (TPSA) is 65.9 Å². The Morgan fingerprint density at radius 2 is 2.27 bits per heavy atom. The van der Waals surface area contributed by atoms with Gasteiger partial charge < -0.3 is 9.90 Å². The van der Waals surface area contributed by atoms with Gasteiger partial charge in [-0.2, -0.15) is 0 Å².